The highest BCUT2D eigenvalue weighted by atomic mass is 19.1. The summed E-state index contributed by atoms with van der Waals surface area (Å²) in [5, 5.41) is 5.71. The summed E-state index contributed by atoms with van der Waals surface area (Å²) < 4.78 is 14.6. The van der Waals surface area contributed by atoms with Crippen molar-refractivity contribution in [2.24, 2.45) is 0 Å². The molecule has 2 bridgehead atoms. The molecule has 4 aliphatic heterocycles. The summed E-state index contributed by atoms with van der Waals surface area (Å²) in [6.07, 6.45) is 2.62. The third-order valence-corrected chi connectivity index (χ3v) is 6.28. The molecule has 8 heteroatoms. The third-order valence-electron chi connectivity index (χ3n) is 6.28. The average Bonchev–Trinajstić information content (AvgIpc) is 3.09. The molecule has 0 radical (unpaired) electrons. The second-order valence-corrected chi connectivity index (χ2v) is 7.77. The number of rotatable bonds is 2. The summed E-state index contributed by atoms with van der Waals surface area (Å²) in [7, 11) is 0. The highest BCUT2D eigenvalue weighted by Gasteiger charge is 2.44. The Kier molecular flexibility index (Phi) is 3.72. The normalized spacial score (nSPS) is 30.0. The lowest BCUT2D eigenvalue weighted by atomic mass is 10.0. The van der Waals surface area contributed by atoms with Gasteiger partial charge in [0.15, 0.2) is 0 Å². The highest BCUT2D eigenvalue weighted by molar-refractivity contribution is 6.06. The summed E-state index contributed by atoms with van der Waals surface area (Å²) in [6, 6.07) is 3.10. The molecule has 4 heterocycles. The third kappa shape index (κ3) is 2.46. The Bertz CT molecular complexity index is 842. The molecule has 0 saturated carbocycles. The van der Waals surface area contributed by atoms with Crippen LogP contribution in [-0.2, 0) is 16.1 Å². The van der Waals surface area contributed by atoms with E-state index in [9.17, 15) is 18.8 Å². The van der Waals surface area contributed by atoms with Crippen LogP contribution < -0.4 is 15.5 Å². The molecule has 7 nitrogen and oxygen atoms in total. The summed E-state index contributed by atoms with van der Waals surface area (Å²) >= 11 is 0. The van der Waals surface area contributed by atoms with Gasteiger partial charge in [-0.2, -0.15) is 0 Å². The summed E-state index contributed by atoms with van der Waals surface area (Å²) in [5.74, 6) is -1.81. The first-order valence-electron chi connectivity index (χ1n) is 9.49. The Morgan fingerprint density at radius 2 is 1.78 bits per heavy atom. The minimum atomic E-state index is -0.727. The van der Waals surface area contributed by atoms with E-state index in [4.69, 9.17) is 0 Å². The predicted octanol–water partition coefficient (Wildman–Crippen LogP) is 0.527. The van der Waals surface area contributed by atoms with Crippen molar-refractivity contribution in [1.29, 1.82) is 0 Å². The molecular formula is C19H21FN4O3. The Labute approximate surface area is 155 Å². The lowest BCUT2D eigenvalue weighted by Gasteiger charge is -2.38. The van der Waals surface area contributed by atoms with Crippen molar-refractivity contribution in [3.63, 3.8) is 0 Å². The standard InChI is InChI=1S/C19H21FN4O3/c20-13-3-4-14(24-10-1-2-11(24)8-21-7-10)12-9-23(19(27)17(12)13)15-5-6-16(25)22-18(15)26/h3-4,10-11,15,21H,1-2,5-9H2,(H,22,25,26)/t10-,11+,15?. The summed E-state index contributed by atoms with van der Waals surface area (Å²) in [5.41, 5.74) is 1.65. The van der Waals surface area contributed by atoms with Crippen molar-refractivity contribution in [1.82, 2.24) is 15.5 Å². The van der Waals surface area contributed by atoms with E-state index in [-0.39, 0.29) is 30.9 Å². The van der Waals surface area contributed by atoms with Crippen molar-refractivity contribution in [3.05, 3.63) is 29.1 Å². The number of fused-ring (bicyclic) bond motifs is 3. The molecule has 3 saturated heterocycles. The minimum absolute atomic E-state index is 0.0788. The van der Waals surface area contributed by atoms with Crippen molar-refractivity contribution < 1.29 is 18.8 Å². The van der Waals surface area contributed by atoms with Crippen molar-refractivity contribution in [3.8, 4) is 0 Å². The number of hydrogen-bond donors (Lipinski definition) is 2. The molecular weight excluding hydrogens is 351 g/mol. The molecule has 3 amide bonds. The molecule has 2 N–H and O–H groups in total. The van der Waals surface area contributed by atoms with Gasteiger partial charge in [0.2, 0.25) is 11.8 Å². The lowest BCUT2D eigenvalue weighted by molar-refractivity contribution is -0.136. The van der Waals surface area contributed by atoms with Gasteiger partial charge >= 0.3 is 0 Å². The van der Waals surface area contributed by atoms with Crippen LogP contribution in [0.15, 0.2) is 12.1 Å². The van der Waals surface area contributed by atoms with Gasteiger partial charge in [0, 0.05) is 49.4 Å². The van der Waals surface area contributed by atoms with E-state index >= 15 is 0 Å². The average molecular weight is 372 g/mol. The SMILES string of the molecule is O=C1CCC(N2Cc3c(N4[C@@H]5CC[C@H]4CNC5)ccc(F)c3C2=O)C(=O)N1. The molecule has 142 valence electrons. The smallest absolute Gasteiger partial charge is 0.258 e. The van der Waals surface area contributed by atoms with Crippen LogP contribution in [0.3, 0.4) is 0 Å². The fraction of sp³-hybridized carbons (Fsp3) is 0.526. The van der Waals surface area contributed by atoms with Crippen molar-refractivity contribution >= 4 is 23.4 Å². The zero-order valence-electron chi connectivity index (χ0n) is 14.8. The van der Waals surface area contributed by atoms with Crippen LogP contribution in [0.4, 0.5) is 10.1 Å². The Hall–Kier alpha value is -2.48. The van der Waals surface area contributed by atoms with Gasteiger partial charge in [-0.05, 0) is 31.4 Å². The van der Waals surface area contributed by atoms with Crippen LogP contribution in [0.5, 0.6) is 0 Å². The van der Waals surface area contributed by atoms with E-state index in [1.54, 1.807) is 6.07 Å². The lowest BCUT2D eigenvalue weighted by Crippen LogP contribution is -2.53. The van der Waals surface area contributed by atoms with Gasteiger partial charge in [-0.1, -0.05) is 0 Å². The Morgan fingerprint density at radius 1 is 1.04 bits per heavy atom. The summed E-state index contributed by atoms with van der Waals surface area (Å²) in [6.45, 7) is 1.97. The number of carbonyl (C=O) groups excluding carboxylic acids is 3. The number of nitrogens with zero attached hydrogens (tertiary/aromatic N) is 2. The number of anilines is 1. The Morgan fingerprint density at radius 3 is 2.48 bits per heavy atom. The number of hydrogen-bond acceptors (Lipinski definition) is 5. The monoisotopic (exact) mass is 372 g/mol. The Balaban J connectivity index is 1.51. The van der Waals surface area contributed by atoms with E-state index in [2.05, 4.69) is 15.5 Å². The van der Waals surface area contributed by atoms with Crippen LogP contribution in [-0.4, -0.2) is 53.8 Å². The van der Waals surface area contributed by atoms with Crippen molar-refractivity contribution in [2.75, 3.05) is 18.0 Å². The molecule has 27 heavy (non-hydrogen) atoms. The predicted molar refractivity (Wildman–Crippen MR) is 94.6 cm³/mol. The molecule has 5 rings (SSSR count). The van der Waals surface area contributed by atoms with E-state index in [1.807, 2.05) is 0 Å². The zero-order valence-corrected chi connectivity index (χ0v) is 14.8. The maximum Gasteiger partial charge on any atom is 0.258 e. The first kappa shape index (κ1) is 16.7. The zero-order chi connectivity index (χ0) is 18.7. The molecule has 1 aromatic rings. The number of amides is 3. The second kappa shape index (κ2) is 6.02. The highest BCUT2D eigenvalue weighted by Crippen LogP contribution is 2.40. The topological polar surface area (TPSA) is 81.8 Å². The maximum atomic E-state index is 14.6. The first-order chi connectivity index (χ1) is 13.0. The number of nitrogens with one attached hydrogen (secondary N) is 2. The fourth-order valence-electron chi connectivity index (χ4n) is 5.03. The van der Waals surface area contributed by atoms with E-state index in [1.165, 1.54) is 11.0 Å². The van der Waals surface area contributed by atoms with Gasteiger partial charge in [-0.3, -0.25) is 19.7 Å². The van der Waals surface area contributed by atoms with Crippen LogP contribution in [0.25, 0.3) is 0 Å². The largest absolute Gasteiger partial charge is 0.363 e. The quantitative estimate of drug-likeness (QED) is 0.740. The first-order valence-corrected chi connectivity index (χ1v) is 9.49. The van der Waals surface area contributed by atoms with Crippen molar-refractivity contribution in [2.45, 2.75) is 50.4 Å². The van der Waals surface area contributed by atoms with Gasteiger partial charge in [0.25, 0.3) is 5.91 Å². The maximum absolute atomic E-state index is 14.6. The molecule has 3 fully saturated rings. The van der Waals surface area contributed by atoms with Gasteiger partial charge in [-0.15, -0.1) is 0 Å². The molecule has 0 aliphatic carbocycles. The van der Waals surface area contributed by atoms with Gasteiger partial charge in [0.1, 0.15) is 11.9 Å². The van der Waals surface area contributed by atoms with E-state index < -0.39 is 23.7 Å². The molecule has 1 aromatic carbocycles. The van der Waals surface area contributed by atoms with E-state index in [0.717, 1.165) is 31.6 Å². The van der Waals surface area contributed by atoms with E-state index in [0.29, 0.717) is 17.6 Å². The number of piperazine rings is 1. The molecule has 3 atom stereocenters. The van der Waals surface area contributed by atoms with Crippen LogP contribution in [0.2, 0.25) is 0 Å². The number of benzene rings is 1. The second-order valence-electron chi connectivity index (χ2n) is 7.77. The number of imide groups is 1. The van der Waals surface area contributed by atoms with Gasteiger partial charge in [-0.25, -0.2) is 4.39 Å². The van der Waals surface area contributed by atoms with Gasteiger partial charge in [0.05, 0.1) is 5.56 Å². The van der Waals surface area contributed by atoms with Crippen LogP contribution in [0.1, 0.15) is 41.6 Å². The summed E-state index contributed by atoms with van der Waals surface area (Å²) in [4.78, 5) is 40.4. The number of carbonyl (C=O) groups is 3. The van der Waals surface area contributed by atoms with Gasteiger partial charge < -0.3 is 15.1 Å². The van der Waals surface area contributed by atoms with Crippen LogP contribution in [0, 0.1) is 5.82 Å². The molecule has 0 spiro atoms. The number of piperidine rings is 1. The molecule has 1 unspecified atom stereocenters. The minimum Gasteiger partial charge on any atom is -0.363 e. The van der Waals surface area contributed by atoms with Crippen LogP contribution >= 0.6 is 0 Å². The molecule has 4 aliphatic rings. The fourth-order valence-corrected chi connectivity index (χ4v) is 5.03. The molecule has 0 aromatic heterocycles. The number of halogens is 1.